The van der Waals surface area contributed by atoms with E-state index in [2.05, 4.69) is 20.6 Å². The lowest BCUT2D eigenvalue weighted by molar-refractivity contribution is -0.117. The number of carbonyl (C=O) groups excluding carboxylic acids is 2. The average molecular weight is 324 g/mol. The first-order valence-corrected chi connectivity index (χ1v) is 8.03. The van der Waals surface area contributed by atoms with Crippen molar-refractivity contribution < 1.29 is 9.59 Å². The Labute approximate surface area is 140 Å². The maximum atomic E-state index is 12.2. The molecule has 1 fully saturated rings. The van der Waals surface area contributed by atoms with Gasteiger partial charge in [-0.3, -0.25) is 9.59 Å². The molecule has 1 aliphatic carbocycles. The largest absolute Gasteiger partial charge is 0.341 e. The summed E-state index contributed by atoms with van der Waals surface area (Å²) in [5.41, 5.74) is 2.06. The zero-order valence-electron chi connectivity index (χ0n) is 13.7. The number of carbonyl (C=O) groups is 2. The van der Waals surface area contributed by atoms with E-state index in [4.69, 9.17) is 0 Å². The molecule has 24 heavy (non-hydrogen) atoms. The molecule has 1 aliphatic rings. The van der Waals surface area contributed by atoms with E-state index >= 15 is 0 Å². The highest BCUT2D eigenvalue weighted by molar-refractivity contribution is 6.00. The third-order valence-electron chi connectivity index (χ3n) is 3.90. The summed E-state index contributed by atoms with van der Waals surface area (Å²) in [5, 5.41) is 5.41. The second kappa shape index (κ2) is 6.78. The van der Waals surface area contributed by atoms with Gasteiger partial charge in [0.25, 0.3) is 5.91 Å². The molecule has 1 atom stereocenters. The highest BCUT2D eigenvalue weighted by atomic mass is 16.2. The van der Waals surface area contributed by atoms with Crippen LogP contribution in [0, 0.1) is 6.92 Å². The molecule has 0 spiro atoms. The third kappa shape index (κ3) is 3.95. The van der Waals surface area contributed by atoms with Gasteiger partial charge in [0, 0.05) is 11.5 Å². The van der Waals surface area contributed by atoms with Gasteiger partial charge in [-0.15, -0.1) is 0 Å². The average Bonchev–Trinajstić information content (AvgIpc) is 3.40. The van der Waals surface area contributed by atoms with Crippen molar-refractivity contribution in [2.24, 2.45) is 0 Å². The Morgan fingerprint density at radius 2 is 1.92 bits per heavy atom. The Morgan fingerprint density at radius 1 is 1.21 bits per heavy atom. The van der Waals surface area contributed by atoms with Crippen LogP contribution in [0.3, 0.4) is 0 Å². The molecular formula is C18H20N4O2. The Kier molecular flexibility index (Phi) is 4.55. The predicted octanol–water partition coefficient (Wildman–Crippen LogP) is 2.42. The van der Waals surface area contributed by atoms with Gasteiger partial charge in [-0.1, -0.05) is 17.7 Å². The van der Waals surface area contributed by atoms with Crippen LogP contribution in [0.15, 0.2) is 36.7 Å². The Balaban J connectivity index is 1.56. The first-order chi connectivity index (χ1) is 11.5. The molecule has 2 amide bonds. The Hall–Kier alpha value is -2.76. The number of nitrogens with one attached hydrogen (secondary N) is 2. The molecular weight excluding hydrogens is 304 g/mol. The number of rotatable bonds is 5. The van der Waals surface area contributed by atoms with Gasteiger partial charge in [-0.05, 0) is 38.8 Å². The zero-order chi connectivity index (χ0) is 17.1. The van der Waals surface area contributed by atoms with Gasteiger partial charge in [-0.2, -0.15) is 0 Å². The quantitative estimate of drug-likeness (QED) is 0.884. The zero-order valence-corrected chi connectivity index (χ0v) is 13.7. The topological polar surface area (TPSA) is 84.0 Å². The molecule has 0 aliphatic heterocycles. The summed E-state index contributed by atoms with van der Waals surface area (Å²) in [7, 11) is 0. The highest BCUT2D eigenvalue weighted by Gasteiger charge is 2.26. The second-order valence-corrected chi connectivity index (χ2v) is 6.16. The number of hydrogen-bond acceptors (Lipinski definition) is 4. The summed E-state index contributed by atoms with van der Waals surface area (Å²) in [6.45, 7) is 3.56. The Morgan fingerprint density at radius 3 is 2.54 bits per heavy atom. The minimum Gasteiger partial charge on any atom is -0.341 e. The predicted molar refractivity (Wildman–Crippen MR) is 90.7 cm³/mol. The molecule has 1 aromatic carbocycles. The van der Waals surface area contributed by atoms with Gasteiger partial charge in [0.05, 0.1) is 18.1 Å². The van der Waals surface area contributed by atoms with Crippen LogP contribution in [-0.2, 0) is 4.79 Å². The van der Waals surface area contributed by atoms with Crippen molar-refractivity contribution in [2.45, 2.75) is 38.6 Å². The summed E-state index contributed by atoms with van der Waals surface area (Å²) in [4.78, 5) is 32.9. The van der Waals surface area contributed by atoms with Gasteiger partial charge in [-0.25, -0.2) is 9.97 Å². The number of aromatic nitrogens is 2. The minimum absolute atomic E-state index is 0.276. The molecule has 6 nitrogen and oxygen atoms in total. The van der Waals surface area contributed by atoms with Gasteiger partial charge in [0.1, 0.15) is 11.9 Å². The lowest BCUT2D eigenvalue weighted by Gasteiger charge is -2.14. The molecule has 0 radical (unpaired) electrons. The number of aryl methyl sites for hydroxylation is 1. The molecule has 3 rings (SSSR count). The molecule has 2 aromatic rings. The summed E-state index contributed by atoms with van der Waals surface area (Å²) >= 11 is 0. The molecule has 0 saturated heterocycles. The van der Waals surface area contributed by atoms with Crippen LogP contribution in [-0.4, -0.2) is 27.8 Å². The van der Waals surface area contributed by atoms with E-state index in [0.29, 0.717) is 17.2 Å². The maximum Gasteiger partial charge on any atom is 0.251 e. The molecule has 1 saturated carbocycles. The molecule has 0 unspecified atom stereocenters. The number of benzene rings is 1. The van der Waals surface area contributed by atoms with Gasteiger partial charge in [0.15, 0.2) is 0 Å². The standard InChI is InChI=1S/C18H20N4O2/c1-11-4-3-5-14(8-11)18(24)21-12(2)17(23)22-15-9-19-16(20-10-15)13-6-7-13/h3-5,8-10,12-13H,6-7H2,1-2H3,(H,21,24)(H,22,23)/t12-/m0/s1. The van der Waals surface area contributed by atoms with E-state index in [1.165, 1.54) is 0 Å². The molecule has 6 heteroatoms. The number of amides is 2. The van der Waals surface area contributed by atoms with E-state index in [9.17, 15) is 9.59 Å². The van der Waals surface area contributed by atoms with Gasteiger partial charge >= 0.3 is 0 Å². The third-order valence-corrected chi connectivity index (χ3v) is 3.90. The number of hydrogen-bond donors (Lipinski definition) is 2. The van der Waals surface area contributed by atoms with Crippen molar-refractivity contribution in [3.8, 4) is 0 Å². The normalized spacial score (nSPS) is 14.8. The van der Waals surface area contributed by atoms with Crippen molar-refractivity contribution in [3.05, 3.63) is 53.6 Å². The van der Waals surface area contributed by atoms with E-state index in [-0.39, 0.29) is 11.8 Å². The lowest BCUT2D eigenvalue weighted by Crippen LogP contribution is -2.41. The fraction of sp³-hybridized carbons (Fsp3) is 0.333. The lowest BCUT2D eigenvalue weighted by atomic mass is 10.1. The monoisotopic (exact) mass is 324 g/mol. The number of anilines is 1. The van der Waals surface area contributed by atoms with Crippen molar-refractivity contribution in [2.75, 3.05) is 5.32 Å². The first-order valence-electron chi connectivity index (χ1n) is 8.03. The Bertz CT molecular complexity index is 754. The van der Waals surface area contributed by atoms with Crippen LogP contribution in [0.25, 0.3) is 0 Å². The van der Waals surface area contributed by atoms with E-state index in [1.807, 2.05) is 19.1 Å². The van der Waals surface area contributed by atoms with Gasteiger partial charge < -0.3 is 10.6 Å². The van der Waals surface area contributed by atoms with Crippen LogP contribution in [0.2, 0.25) is 0 Å². The molecule has 0 bridgehead atoms. The van der Waals surface area contributed by atoms with Crippen molar-refractivity contribution in [3.63, 3.8) is 0 Å². The van der Waals surface area contributed by atoms with Crippen LogP contribution < -0.4 is 10.6 Å². The van der Waals surface area contributed by atoms with Crippen LogP contribution in [0.4, 0.5) is 5.69 Å². The summed E-state index contributed by atoms with van der Waals surface area (Å²) in [5.74, 6) is 0.719. The van der Waals surface area contributed by atoms with E-state index in [1.54, 1.807) is 31.5 Å². The first kappa shape index (κ1) is 16.1. The van der Waals surface area contributed by atoms with Crippen LogP contribution in [0.5, 0.6) is 0 Å². The smallest absolute Gasteiger partial charge is 0.251 e. The van der Waals surface area contributed by atoms with Crippen molar-refractivity contribution >= 4 is 17.5 Å². The maximum absolute atomic E-state index is 12.2. The number of nitrogens with zero attached hydrogens (tertiary/aromatic N) is 2. The van der Waals surface area contributed by atoms with Crippen molar-refractivity contribution in [1.82, 2.24) is 15.3 Å². The van der Waals surface area contributed by atoms with E-state index in [0.717, 1.165) is 24.2 Å². The second-order valence-electron chi connectivity index (χ2n) is 6.16. The highest BCUT2D eigenvalue weighted by Crippen LogP contribution is 2.37. The summed E-state index contributed by atoms with van der Waals surface area (Å²) in [6, 6.07) is 6.56. The molecule has 2 N–H and O–H groups in total. The van der Waals surface area contributed by atoms with Crippen molar-refractivity contribution in [1.29, 1.82) is 0 Å². The summed E-state index contributed by atoms with van der Waals surface area (Å²) < 4.78 is 0. The van der Waals surface area contributed by atoms with Gasteiger partial charge in [0.2, 0.25) is 5.91 Å². The molecule has 1 heterocycles. The van der Waals surface area contributed by atoms with Crippen LogP contribution >= 0.6 is 0 Å². The fourth-order valence-corrected chi connectivity index (χ4v) is 2.34. The summed E-state index contributed by atoms with van der Waals surface area (Å²) in [6.07, 6.45) is 5.47. The molecule has 124 valence electrons. The SMILES string of the molecule is Cc1cccc(C(=O)N[C@@H](C)C(=O)Nc2cnc(C3CC3)nc2)c1. The fourth-order valence-electron chi connectivity index (χ4n) is 2.34. The van der Waals surface area contributed by atoms with E-state index < -0.39 is 6.04 Å². The minimum atomic E-state index is -0.666. The molecule has 1 aromatic heterocycles. The van der Waals surface area contributed by atoms with Crippen LogP contribution in [0.1, 0.15) is 47.4 Å².